The summed E-state index contributed by atoms with van der Waals surface area (Å²) in [5, 5.41) is 0. The average molecular weight is 478 g/mol. The van der Waals surface area contributed by atoms with Gasteiger partial charge in [-0.2, -0.15) is 0 Å². The molecule has 0 radical (unpaired) electrons. The minimum Gasteiger partial charge on any atom is -0.494 e. The lowest BCUT2D eigenvalue weighted by atomic mass is 10.1. The number of carbonyl (C=O) groups is 1. The summed E-state index contributed by atoms with van der Waals surface area (Å²) in [5.41, 5.74) is 2.61. The first-order valence-electron chi connectivity index (χ1n) is 10.4. The summed E-state index contributed by atoms with van der Waals surface area (Å²) in [6.07, 6.45) is 1.82. The molecule has 1 amide bonds. The predicted molar refractivity (Wildman–Crippen MR) is 137 cm³/mol. The second kappa shape index (κ2) is 10.6. The average Bonchev–Trinajstić information content (AvgIpc) is 3.12. The van der Waals surface area contributed by atoms with Crippen LogP contribution in [0, 0.1) is 0 Å². The van der Waals surface area contributed by atoms with Crippen molar-refractivity contribution in [2.75, 3.05) is 18.6 Å². The Balaban J connectivity index is 1.51. The Morgan fingerprint density at radius 3 is 2.42 bits per heavy atom. The Hall–Kier alpha value is -3.29. The summed E-state index contributed by atoms with van der Waals surface area (Å²) in [7, 11) is 1.60. The number of anilines is 1. The highest BCUT2D eigenvalue weighted by atomic mass is 32.2. The summed E-state index contributed by atoms with van der Waals surface area (Å²) in [6, 6.07) is 22.9. The van der Waals surface area contributed by atoms with Crippen molar-refractivity contribution in [3.05, 3.63) is 88.8 Å². The van der Waals surface area contributed by atoms with Gasteiger partial charge in [0.1, 0.15) is 12.4 Å². The number of nitrogens with zero attached hydrogens (tertiary/aromatic N) is 1. The van der Waals surface area contributed by atoms with Crippen LogP contribution in [0.25, 0.3) is 6.08 Å². The Morgan fingerprint density at radius 2 is 1.73 bits per heavy atom. The van der Waals surface area contributed by atoms with Gasteiger partial charge in [-0.25, -0.2) is 0 Å². The zero-order valence-corrected chi connectivity index (χ0v) is 19.9. The van der Waals surface area contributed by atoms with Gasteiger partial charge in [0.25, 0.3) is 5.91 Å². The van der Waals surface area contributed by atoms with Crippen LogP contribution in [0.2, 0.25) is 0 Å². The zero-order chi connectivity index (χ0) is 23.2. The Kier molecular flexibility index (Phi) is 7.32. The Labute approximate surface area is 203 Å². The van der Waals surface area contributed by atoms with Crippen molar-refractivity contribution in [3.8, 4) is 17.2 Å². The van der Waals surface area contributed by atoms with Crippen LogP contribution in [0.1, 0.15) is 18.1 Å². The number of thioether (sulfide) groups is 1. The molecule has 1 aliphatic rings. The maximum atomic E-state index is 13.1. The lowest BCUT2D eigenvalue weighted by Gasteiger charge is -2.15. The van der Waals surface area contributed by atoms with Crippen molar-refractivity contribution in [2.24, 2.45) is 0 Å². The molecule has 1 heterocycles. The molecular formula is C26H23NO4S2. The van der Waals surface area contributed by atoms with E-state index in [1.165, 1.54) is 16.7 Å². The molecule has 0 N–H and O–H groups in total. The molecule has 33 heavy (non-hydrogen) atoms. The van der Waals surface area contributed by atoms with Gasteiger partial charge in [0, 0.05) is 0 Å². The SMILES string of the molecule is CCOc1ccc(N2C(=O)/C(=C/c3ccc(OCc4ccccc4)c(OC)c3)SC2=S)cc1. The third-order valence-corrected chi connectivity index (χ3v) is 6.22. The molecule has 0 aliphatic carbocycles. The number of methoxy groups -OCH3 is 1. The van der Waals surface area contributed by atoms with Gasteiger partial charge in [0.05, 0.1) is 24.3 Å². The van der Waals surface area contributed by atoms with E-state index < -0.39 is 0 Å². The summed E-state index contributed by atoms with van der Waals surface area (Å²) in [6.45, 7) is 2.96. The van der Waals surface area contributed by atoms with Gasteiger partial charge in [0.15, 0.2) is 15.8 Å². The molecule has 0 atom stereocenters. The number of carbonyl (C=O) groups excluding carboxylic acids is 1. The van der Waals surface area contributed by atoms with Crippen LogP contribution in [-0.4, -0.2) is 23.9 Å². The van der Waals surface area contributed by atoms with E-state index >= 15 is 0 Å². The molecule has 5 nitrogen and oxygen atoms in total. The first-order valence-corrected chi connectivity index (χ1v) is 11.7. The maximum absolute atomic E-state index is 13.1. The van der Waals surface area contributed by atoms with Crippen molar-refractivity contribution in [1.29, 1.82) is 0 Å². The maximum Gasteiger partial charge on any atom is 0.270 e. The summed E-state index contributed by atoms with van der Waals surface area (Å²) >= 11 is 6.76. The fourth-order valence-electron chi connectivity index (χ4n) is 3.33. The van der Waals surface area contributed by atoms with Crippen molar-refractivity contribution in [1.82, 2.24) is 0 Å². The van der Waals surface area contributed by atoms with Gasteiger partial charge in [0.2, 0.25) is 0 Å². The van der Waals surface area contributed by atoms with E-state index in [2.05, 4.69) is 0 Å². The van der Waals surface area contributed by atoms with E-state index in [9.17, 15) is 4.79 Å². The molecule has 0 bridgehead atoms. The number of rotatable bonds is 8. The van der Waals surface area contributed by atoms with Gasteiger partial charge < -0.3 is 14.2 Å². The monoisotopic (exact) mass is 477 g/mol. The molecule has 1 saturated heterocycles. The van der Waals surface area contributed by atoms with Gasteiger partial charge in [-0.1, -0.05) is 60.4 Å². The number of benzene rings is 3. The van der Waals surface area contributed by atoms with Crippen LogP contribution in [0.15, 0.2) is 77.7 Å². The molecule has 0 aromatic heterocycles. The van der Waals surface area contributed by atoms with E-state index in [0.717, 1.165) is 16.9 Å². The number of thiocarbonyl (C=S) groups is 1. The molecule has 7 heteroatoms. The van der Waals surface area contributed by atoms with Crippen molar-refractivity contribution < 1.29 is 19.0 Å². The standard InChI is InChI=1S/C26H23NO4S2/c1-3-30-21-12-10-20(11-13-21)27-25(28)24(33-26(27)32)16-19-9-14-22(23(15-19)29-2)31-17-18-7-5-4-6-8-18/h4-16H,3,17H2,1-2H3/b24-16-. The highest BCUT2D eigenvalue weighted by molar-refractivity contribution is 8.27. The van der Waals surface area contributed by atoms with E-state index in [-0.39, 0.29) is 5.91 Å². The van der Waals surface area contributed by atoms with Crippen LogP contribution in [-0.2, 0) is 11.4 Å². The largest absolute Gasteiger partial charge is 0.494 e. The topological polar surface area (TPSA) is 48.0 Å². The van der Waals surface area contributed by atoms with E-state index in [1.807, 2.05) is 85.8 Å². The number of hydrogen-bond donors (Lipinski definition) is 0. The Bertz CT molecular complexity index is 1180. The van der Waals surface area contributed by atoms with Crippen LogP contribution in [0.5, 0.6) is 17.2 Å². The molecule has 4 rings (SSSR count). The van der Waals surface area contributed by atoms with Crippen molar-refractivity contribution in [3.63, 3.8) is 0 Å². The molecular weight excluding hydrogens is 454 g/mol. The van der Waals surface area contributed by atoms with Gasteiger partial charge in [-0.3, -0.25) is 9.69 Å². The third-order valence-electron chi connectivity index (χ3n) is 4.92. The fourth-order valence-corrected chi connectivity index (χ4v) is 4.63. The van der Waals surface area contributed by atoms with E-state index in [0.29, 0.717) is 39.6 Å². The summed E-state index contributed by atoms with van der Waals surface area (Å²) in [4.78, 5) is 15.2. The normalized spacial score (nSPS) is 14.6. The quantitative estimate of drug-likeness (QED) is 0.290. The first-order chi connectivity index (χ1) is 16.1. The van der Waals surface area contributed by atoms with Crippen molar-refractivity contribution in [2.45, 2.75) is 13.5 Å². The molecule has 3 aromatic rings. The minimum atomic E-state index is -0.155. The number of amides is 1. The van der Waals surface area contributed by atoms with Crippen LogP contribution in [0.4, 0.5) is 5.69 Å². The van der Waals surface area contributed by atoms with Crippen LogP contribution in [0.3, 0.4) is 0 Å². The summed E-state index contributed by atoms with van der Waals surface area (Å²) < 4.78 is 17.4. The molecule has 3 aromatic carbocycles. The van der Waals surface area contributed by atoms with Crippen molar-refractivity contribution >= 4 is 46.0 Å². The van der Waals surface area contributed by atoms with Gasteiger partial charge >= 0.3 is 0 Å². The molecule has 1 aliphatic heterocycles. The minimum absolute atomic E-state index is 0.155. The van der Waals surface area contributed by atoms with Gasteiger partial charge in [-0.15, -0.1) is 0 Å². The second-order valence-corrected chi connectivity index (χ2v) is 8.80. The van der Waals surface area contributed by atoms with Crippen LogP contribution >= 0.6 is 24.0 Å². The number of ether oxygens (including phenoxy) is 3. The highest BCUT2D eigenvalue weighted by Gasteiger charge is 2.33. The second-order valence-electron chi connectivity index (χ2n) is 7.13. The van der Waals surface area contributed by atoms with E-state index in [1.54, 1.807) is 7.11 Å². The predicted octanol–water partition coefficient (Wildman–Crippen LogP) is 6.08. The number of hydrogen-bond acceptors (Lipinski definition) is 6. The molecule has 0 unspecified atom stereocenters. The van der Waals surface area contributed by atoms with Gasteiger partial charge in [-0.05, 0) is 60.5 Å². The highest BCUT2D eigenvalue weighted by Crippen LogP contribution is 2.37. The molecule has 1 fully saturated rings. The molecule has 168 valence electrons. The van der Waals surface area contributed by atoms with E-state index in [4.69, 9.17) is 26.4 Å². The lowest BCUT2D eigenvalue weighted by molar-refractivity contribution is -0.113. The van der Waals surface area contributed by atoms with Crippen LogP contribution < -0.4 is 19.1 Å². The molecule has 0 saturated carbocycles. The smallest absolute Gasteiger partial charge is 0.270 e. The fraction of sp³-hybridized carbons (Fsp3) is 0.154. The first kappa shape index (κ1) is 22.9. The lowest BCUT2D eigenvalue weighted by Crippen LogP contribution is -2.27. The third kappa shape index (κ3) is 5.38. The molecule has 0 spiro atoms. The Morgan fingerprint density at radius 1 is 0.970 bits per heavy atom. The zero-order valence-electron chi connectivity index (χ0n) is 18.3. The summed E-state index contributed by atoms with van der Waals surface area (Å²) in [5.74, 6) is 1.84.